The lowest BCUT2D eigenvalue weighted by molar-refractivity contribution is -0.125. The molecule has 5 nitrogen and oxygen atoms in total. The zero-order chi connectivity index (χ0) is 16.9. The number of alkyl halides is 3. The van der Waals surface area contributed by atoms with Crippen LogP contribution in [-0.2, 0) is 25.6 Å². The molecule has 126 valence electrons. The van der Waals surface area contributed by atoms with Gasteiger partial charge < -0.3 is 9.05 Å². The molecule has 21 heavy (non-hydrogen) atoms. The highest BCUT2D eigenvalue weighted by atomic mass is 35.6. The van der Waals surface area contributed by atoms with Crippen LogP contribution in [0.1, 0.15) is 41.0 Å². The van der Waals surface area contributed by atoms with Crippen molar-refractivity contribution in [1.82, 2.24) is 10.2 Å². The Bertz CT molecular complexity index is 399. The zero-order valence-electron chi connectivity index (χ0n) is 12.8. The van der Waals surface area contributed by atoms with Crippen LogP contribution in [0.5, 0.6) is 0 Å². The van der Waals surface area contributed by atoms with Gasteiger partial charge in [-0.25, -0.2) is 0 Å². The lowest BCUT2D eigenvalue weighted by Gasteiger charge is -2.42. The Balaban J connectivity index is 5.46. The molecule has 0 aliphatic carbocycles. The molecule has 1 N–H and O–H groups in total. The Kier molecular flexibility index (Phi) is 9.00. The summed E-state index contributed by atoms with van der Waals surface area (Å²) in [6.45, 7) is 7.12. The van der Waals surface area contributed by atoms with E-state index in [0.717, 1.165) is 6.42 Å². The number of halogens is 3. The van der Waals surface area contributed by atoms with Crippen LogP contribution in [0.3, 0.4) is 0 Å². The SMILES string of the molecule is CCCOP(=S)(OCC)N(NC(=O)C(Cl)(Cl)Cl)C(C)(C)C. The van der Waals surface area contributed by atoms with E-state index >= 15 is 0 Å². The minimum atomic E-state index is -2.93. The second kappa shape index (κ2) is 8.65. The van der Waals surface area contributed by atoms with Crippen LogP contribution in [0.25, 0.3) is 0 Å². The topological polar surface area (TPSA) is 50.8 Å². The van der Waals surface area contributed by atoms with Crippen LogP contribution in [0.2, 0.25) is 0 Å². The molecule has 10 heteroatoms. The van der Waals surface area contributed by atoms with Crippen molar-refractivity contribution in [3.63, 3.8) is 0 Å². The number of hydrogen-bond donors (Lipinski definition) is 1. The second-order valence-electron chi connectivity index (χ2n) is 5.14. The molecular formula is C11H22Cl3N2O3PS. The number of hydrogen-bond acceptors (Lipinski definition) is 4. The lowest BCUT2D eigenvalue weighted by Crippen LogP contribution is -2.53. The van der Waals surface area contributed by atoms with Gasteiger partial charge in [-0.05, 0) is 45.9 Å². The highest BCUT2D eigenvalue weighted by Crippen LogP contribution is 2.54. The summed E-state index contributed by atoms with van der Waals surface area (Å²) in [4.78, 5) is 12.0. The van der Waals surface area contributed by atoms with Gasteiger partial charge in [-0.3, -0.25) is 10.2 Å². The molecule has 0 aromatic rings. The van der Waals surface area contributed by atoms with Gasteiger partial charge in [0, 0.05) is 5.54 Å². The van der Waals surface area contributed by atoms with E-state index in [2.05, 4.69) is 5.43 Å². The van der Waals surface area contributed by atoms with Crippen LogP contribution in [0.15, 0.2) is 0 Å². The fourth-order valence-electron chi connectivity index (χ4n) is 1.28. The van der Waals surface area contributed by atoms with Crippen molar-refractivity contribution in [3.8, 4) is 0 Å². The summed E-state index contributed by atoms with van der Waals surface area (Å²) in [5, 5.41) is 0. The summed E-state index contributed by atoms with van der Waals surface area (Å²) in [6, 6.07) is 0. The Morgan fingerprint density at radius 1 is 1.24 bits per heavy atom. The largest absolute Gasteiger partial charge is 0.317 e. The first-order chi connectivity index (χ1) is 9.38. The molecule has 0 saturated heterocycles. The van der Waals surface area contributed by atoms with Crippen LogP contribution in [-0.4, -0.2) is 33.2 Å². The average molecular weight is 400 g/mol. The monoisotopic (exact) mass is 398 g/mol. The number of carbonyl (C=O) groups excluding carboxylic acids is 1. The van der Waals surface area contributed by atoms with Crippen LogP contribution in [0, 0.1) is 0 Å². The van der Waals surface area contributed by atoms with E-state index in [1.807, 2.05) is 27.7 Å². The molecule has 0 bridgehead atoms. The third-order valence-electron chi connectivity index (χ3n) is 2.10. The van der Waals surface area contributed by atoms with Crippen molar-refractivity contribution >= 4 is 59.2 Å². The lowest BCUT2D eigenvalue weighted by atomic mass is 10.1. The Morgan fingerprint density at radius 3 is 2.10 bits per heavy atom. The molecule has 0 fully saturated rings. The van der Waals surface area contributed by atoms with Gasteiger partial charge in [-0.1, -0.05) is 41.7 Å². The van der Waals surface area contributed by atoms with Gasteiger partial charge >= 0.3 is 0 Å². The molecule has 0 rings (SSSR count). The Labute approximate surface area is 146 Å². The molecule has 1 unspecified atom stereocenters. The van der Waals surface area contributed by atoms with Gasteiger partial charge in [0.1, 0.15) is 0 Å². The molecule has 0 radical (unpaired) electrons. The molecule has 0 aromatic carbocycles. The van der Waals surface area contributed by atoms with Crippen molar-refractivity contribution in [2.24, 2.45) is 0 Å². The van der Waals surface area contributed by atoms with Crippen molar-refractivity contribution in [2.45, 2.75) is 50.4 Å². The van der Waals surface area contributed by atoms with Crippen molar-refractivity contribution in [1.29, 1.82) is 0 Å². The summed E-state index contributed by atoms with van der Waals surface area (Å²) < 4.78 is 10.7. The number of nitrogens with one attached hydrogen (secondary N) is 1. The first-order valence-corrected chi connectivity index (χ1v) is 10.2. The van der Waals surface area contributed by atoms with E-state index in [0.29, 0.717) is 13.2 Å². The quantitative estimate of drug-likeness (QED) is 0.395. The molecule has 0 saturated carbocycles. The standard InChI is InChI=1S/C11H22Cl3N2O3PS/c1-6-8-19-20(21,18-7-2)16(10(3,4)5)15-9(17)11(12,13)14/h6-8H2,1-5H3,(H,15,17). The summed E-state index contributed by atoms with van der Waals surface area (Å²) in [5.41, 5.74) is 1.95. The van der Waals surface area contributed by atoms with Crippen LogP contribution >= 0.6 is 41.4 Å². The predicted molar refractivity (Wildman–Crippen MR) is 92.2 cm³/mol. The minimum absolute atomic E-state index is 0.344. The Hall–Kier alpha value is 0.870. The second-order valence-corrected chi connectivity index (χ2v) is 10.7. The predicted octanol–water partition coefficient (Wildman–Crippen LogP) is 4.18. The highest BCUT2D eigenvalue weighted by molar-refractivity contribution is 8.08. The van der Waals surface area contributed by atoms with Gasteiger partial charge in [0.2, 0.25) is 0 Å². The van der Waals surface area contributed by atoms with Crippen molar-refractivity contribution < 1.29 is 13.8 Å². The van der Waals surface area contributed by atoms with Gasteiger partial charge in [-0.15, -0.1) is 4.78 Å². The molecule has 1 amide bonds. The third-order valence-corrected chi connectivity index (χ3v) is 6.02. The van der Waals surface area contributed by atoms with Crippen LogP contribution in [0.4, 0.5) is 0 Å². The van der Waals surface area contributed by atoms with Gasteiger partial charge in [0.05, 0.1) is 13.2 Å². The smallest absolute Gasteiger partial charge is 0.286 e. The number of hydrazine groups is 1. The van der Waals surface area contributed by atoms with Crippen molar-refractivity contribution in [2.75, 3.05) is 13.2 Å². The number of rotatable bonds is 7. The van der Waals surface area contributed by atoms with Crippen LogP contribution < -0.4 is 5.43 Å². The van der Waals surface area contributed by atoms with E-state index in [4.69, 9.17) is 55.7 Å². The molecule has 1 atom stereocenters. The highest BCUT2D eigenvalue weighted by Gasteiger charge is 2.42. The molecule has 0 aliphatic rings. The maximum absolute atomic E-state index is 12.0. The zero-order valence-corrected chi connectivity index (χ0v) is 16.8. The Morgan fingerprint density at radius 2 is 1.76 bits per heavy atom. The summed E-state index contributed by atoms with van der Waals surface area (Å²) >= 11 is 22.3. The number of nitrogens with zero attached hydrogens (tertiary/aromatic N) is 1. The van der Waals surface area contributed by atoms with E-state index in [1.54, 1.807) is 6.92 Å². The first-order valence-electron chi connectivity index (χ1n) is 6.46. The van der Waals surface area contributed by atoms with E-state index in [-0.39, 0.29) is 0 Å². The molecule has 0 spiro atoms. The summed E-state index contributed by atoms with van der Waals surface area (Å²) in [6.07, 6.45) is 0.766. The van der Waals surface area contributed by atoms with Crippen molar-refractivity contribution in [3.05, 3.63) is 0 Å². The fraction of sp³-hybridized carbons (Fsp3) is 0.909. The van der Waals surface area contributed by atoms with Gasteiger partial charge in [0.25, 0.3) is 16.3 Å². The third kappa shape index (κ3) is 7.32. The minimum Gasteiger partial charge on any atom is -0.317 e. The van der Waals surface area contributed by atoms with E-state index < -0.39 is 21.9 Å². The first kappa shape index (κ1) is 21.9. The number of carbonyl (C=O) groups is 1. The summed E-state index contributed by atoms with van der Waals surface area (Å²) in [7, 11) is 0. The maximum Gasteiger partial charge on any atom is 0.286 e. The summed E-state index contributed by atoms with van der Waals surface area (Å²) in [5.74, 6) is -0.809. The van der Waals surface area contributed by atoms with E-state index in [1.165, 1.54) is 4.78 Å². The maximum atomic E-state index is 12.0. The average Bonchev–Trinajstić information content (AvgIpc) is 2.30. The molecule has 0 aromatic heterocycles. The van der Waals surface area contributed by atoms with Gasteiger partial charge in [0.15, 0.2) is 0 Å². The van der Waals surface area contributed by atoms with E-state index in [9.17, 15) is 4.79 Å². The molecule has 0 heterocycles. The van der Waals surface area contributed by atoms with Gasteiger partial charge in [-0.2, -0.15) is 0 Å². The number of amides is 1. The fourth-order valence-corrected chi connectivity index (χ4v) is 4.80. The normalized spacial score (nSPS) is 15.9. The molecular weight excluding hydrogens is 378 g/mol. The molecule has 0 aliphatic heterocycles.